The average molecular weight is 478 g/mol. The molecule has 2 aliphatic heterocycles. The van der Waals surface area contributed by atoms with Gasteiger partial charge in [0.15, 0.2) is 0 Å². The highest BCUT2D eigenvalue weighted by atomic mass is 19.1. The zero-order valence-electron chi connectivity index (χ0n) is 20.7. The average Bonchev–Trinajstić information content (AvgIpc) is 3.57. The minimum atomic E-state index is -0.200. The Bertz CT molecular complexity index is 1050. The lowest BCUT2D eigenvalue weighted by molar-refractivity contribution is -0.136. The Morgan fingerprint density at radius 1 is 0.914 bits per heavy atom. The SMILES string of the molecule is Cc1ccc(CCC(=O)N2CCC3(CC2)CC3C(=O)N2CCN(Cc3cccc(F)c3)CC2)cc1. The van der Waals surface area contributed by atoms with Crippen LogP contribution < -0.4 is 0 Å². The Hall–Kier alpha value is -2.73. The molecule has 1 atom stereocenters. The third-order valence-electron chi connectivity index (χ3n) is 8.33. The smallest absolute Gasteiger partial charge is 0.226 e. The van der Waals surface area contributed by atoms with Crippen molar-refractivity contribution in [1.29, 1.82) is 0 Å². The van der Waals surface area contributed by atoms with E-state index in [1.807, 2.05) is 15.9 Å². The summed E-state index contributed by atoms with van der Waals surface area (Å²) in [4.78, 5) is 32.3. The molecule has 2 aromatic rings. The quantitative estimate of drug-likeness (QED) is 0.631. The van der Waals surface area contributed by atoms with E-state index in [1.165, 1.54) is 17.2 Å². The van der Waals surface area contributed by atoms with E-state index in [1.54, 1.807) is 12.1 Å². The van der Waals surface area contributed by atoms with Crippen molar-refractivity contribution in [3.63, 3.8) is 0 Å². The number of piperidine rings is 1. The van der Waals surface area contributed by atoms with Gasteiger partial charge >= 0.3 is 0 Å². The number of likely N-dealkylation sites (tertiary alicyclic amines) is 1. The third-order valence-corrected chi connectivity index (χ3v) is 8.33. The number of aryl methyl sites for hydroxylation is 2. The van der Waals surface area contributed by atoms with E-state index in [9.17, 15) is 14.0 Å². The van der Waals surface area contributed by atoms with E-state index in [0.717, 1.165) is 77.1 Å². The molecule has 1 aliphatic carbocycles. The topological polar surface area (TPSA) is 43.9 Å². The minimum absolute atomic E-state index is 0.115. The molecule has 0 radical (unpaired) electrons. The lowest BCUT2D eigenvalue weighted by atomic mass is 9.90. The van der Waals surface area contributed by atoms with E-state index >= 15 is 0 Å². The fourth-order valence-corrected chi connectivity index (χ4v) is 5.86. The van der Waals surface area contributed by atoms with Gasteiger partial charge in [-0.3, -0.25) is 14.5 Å². The standard InChI is InChI=1S/C29H36FN3O2/c1-22-5-7-23(8-6-22)9-10-27(34)32-13-11-29(12-14-32)20-26(29)28(35)33-17-15-31(16-18-33)21-24-3-2-4-25(30)19-24/h2-8,19,26H,9-18,20-21H2,1H3. The summed E-state index contributed by atoms with van der Waals surface area (Å²) < 4.78 is 13.5. The van der Waals surface area contributed by atoms with Crippen molar-refractivity contribution in [2.24, 2.45) is 11.3 Å². The number of hydrogen-bond donors (Lipinski definition) is 0. The van der Waals surface area contributed by atoms with E-state index in [4.69, 9.17) is 0 Å². The summed E-state index contributed by atoms with van der Waals surface area (Å²) in [5, 5.41) is 0. The molecule has 0 N–H and O–H groups in total. The van der Waals surface area contributed by atoms with Crippen LogP contribution in [0.2, 0.25) is 0 Å². The second-order valence-corrected chi connectivity index (χ2v) is 10.7. The maximum atomic E-state index is 13.5. The summed E-state index contributed by atoms with van der Waals surface area (Å²) >= 11 is 0. The van der Waals surface area contributed by atoms with Crippen LogP contribution in [0.1, 0.15) is 42.4 Å². The normalized spacial score (nSPS) is 21.8. The first-order valence-electron chi connectivity index (χ1n) is 13.0. The van der Waals surface area contributed by atoms with Crippen molar-refractivity contribution < 1.29 is 14.0 Å². The molecular formula is C29H36FN3O2. The van der Waals surface area contributed by atoms with Crippen molar-refractivity contribution in [3.05, 3.63) is 71.0 Å². The number of piperazine rings is 1. The molecule has 3 fully saturated rings. The molecule has 2 heterocycles. The summed E-state index contributed by atoms with van der Waals surface area (Å²) in [6.45, 7) is 7.48. The Balaban J connectivity index is 1.05. The molecule has 5 rings (SSSR count). The van der Waals surface area contributed by atoms with E-state index in [2.05, 4.69) is 36.1 Å². The first-order chi connectivity index (χ1) is 16.9. The van der Waals surface area contributed by atoms with E-state index in [0.29, 0.717) is 12.3 Å². The summed E-state index contributed by atoms with van der Waals surface area (Å²) in [5.74, 6) is 0.462. The number of carbonyl (C=O) groups is 2. The lowest BCUT2D eigenvalue weighted by Crippen LogP contribution is -2.49. The Morgan fingerprint density at radius 2 is 1.63 bits per heavy atom. The van der Waals surface area contributed by atoms with Gasteiger partial charge in [-0.2, -0.15) is 0 Å². The molecule has 6 heteroatoms. The fraction of sp³-hybridized carbons (Fsp3) is 0.517. The highest BCUT2D eigenvalue weighted by Crippen LogP contribution is 2.60. The van der Waals surface area contributed by atoms with Crippen LogP contribution in [0.5, 0.6) is 0 Å². The van der Waals surface area contributed by atoms with E-state index < -0.39 is 0 Å². The molecule has 1 spiro atoms. The zero-order chi connectivity index (χ0) is 24.4. The van der Waals surface area contributed by atoms with Gasteiger partial charge in [-0.1, -0.05) is 42.0 Å². The monoisotopic (exact) mass is 477 g/mol. The number of halogens is 1. The largest absolute Gasteiger partial charge is 0.343 e. The van der Waals surface area contributed by atoms with Crippen LogP contribution in [0.4, 0.5) is 4.39 Å². The molecule has 2 saturated heterocycles. The maximum absolute atomic E-state index is 13.5. The molecule has 1 saturated carbocycles. The number of nitrogens with zero attached hydrogens (tertiary/aromatic N) is 3. The molecule has 35 heavy (non-hydrogen) atoms. The number of hydrogen-bond acceptors (Lipinski definition) is 3. The molecule has 2 amide bonds. The lowest BCUT2D eigenvalue weighted by Gasteiger charge is -2.36. The van der Waals surface area contributed by atoms with Crippen LogP contribution >= 0.6 is 0 Å². The fourth-order valence-electron chi connectivity index (χ4n) is 5.86. The number of rotatable bonds is 6. The van der Waals surface area contributed by atoms with Crippen molar-refractivity contribution in [2.45, 2.75) is 45.6 Å². The zero-order valence-corrected chi connectivity index (χ0v) is 20.7. The van der Waals surface area contributed by atoms with Gasteiger partial charge in [-0.25, -0.2) is 4.39 Å². The Morgan fingerprint density at radius 3 is 2.31 bits per heavy atom. The minimum Gasteiger partial charge on any atom is -0.343 e. The van der Waals surface area contributed by atoms with Gasteiger partial charge in [0, 0.05) is 58.2 Å². The van der Waals surface area contributed by atoms with Gasteiger partial charge in [0.25, 0.3) is 0 Å². The first-order valence-corrected chi connectivity index (χ1v) is 13.0. The van der Waals surface area contributed by atoms with Crippen LogP contribution in [0.15, 0.2) is 48.5 Å². The van der Waals surface area contributed by atoms with Crippen LogP contribution in [0, 0.1) is 24.1 Å². The number of amides is 2. The van der Waals surface area contributed by atoms with Gasteiger partial charge in [-0.15, -0.1) is 0 Å². The third kappa shape index (κ3) is 5.58. The van der Waals surface area contributed by atoms with Crippen LogP contribution in [-0.4, -0.2) is 65.8 Å². The summed E-state index contributed by atoms with van der Waals surface area (Å²) in [5.41, 5.74) is 3.54. The van der Waals surface area contributed by atoms with Crippen molar-refractivity contribution >= 4 is 11.8 Å². The molecular weight excluding hydrogens is 441 g/mol. The van der Waals surface area contributed by atoms with Gasteiger partial charge in [-0.05, 0) is 61.3 Å². The second-order valence-electron chi connectivity index (χ2n) is 10.7. The van der Waals surface area contributed by atoms with E-state index in [-0.39, 0.29) is 23.1 Å². The summed E-state index contributed by atoms with van der Waals surface area (Å²) in [7, 11) is 0. The molecule has 0 bridgehead atoms. The molecule has 5 nitrogen and oxygen atoms in total. The maximum Gasteiger partial charge on any atom is 0.226 e. The molecule has 2 aromatic carbocycles. The Labute approximate surface area is 207 Å². The van der Waals surface area contributed by atoms with Gasteiger partial charge < -0.3 is 9.80 Å². The van der Waals surface area contributed by atoms with Gasteiger partial charge in [0.05, 0.1) is 0 Å². The van der Waals surface area contributed by atoms with Gasteiger partial charge in [0.2, 0.25) is 11.8 Å². The predicted octanol–water partition coefficient (Wildman–Crippen LogP) is 4.04. The Kier molecular flexibility index (Phi) is 6.92. The van der Waals surface area contributed by atoms with Crippen molar-refractivity contribution in [3.8, 4) is 0 Å². The second kappa shape index (κ2) is 10.1. The molecule has 186 valence electrons. The summed E-state index contributed by atoms with van der Waals surface area (Å²) in [6.07, 6.45) is 4.20. The van der Waals surface area contributed by atoms with Crippen LogP contribution in [0.3, 0.4) is 0 Å². The predicted molar refractivity (Wildman–Crippen MR) is 134 cm³/mol. The molecule has 0 aromatic heterocycles. The van der Waals surface area contributed by atoms with Crippen LogP contribution in [-0.2, 0) is 22.6 Å². The van der Waals surface area contributed by atoms with Crippen LogP contribution in [0.25, 0.3) is 0 Å². The molecule has 1 unspecified atom stereocenters. The highest BCUT2D eigenvalue weighted by Gasteiger charge is 2.59. The highest BCUT2D eigenvalue weighted by molar-refractivity contribution is 5.83. The number of benzene rings is 2. The van der Waals surface area contributed by atoms with Crippen molar-refractivity contribution in [2.75, 3.05) is 39.3 Å². The van der Waals surface area contributed by atoms with Gasteiger partial charge in [0.1, 0.15) is 5.82 Å². The number of carbonyl (C=O) groups excluding carboxylic acids is 2. The summed E-state index contributed by atoms with van der Waals surface area (Å²) in [6, 6.07) is 15.2. The van der Waals surface area contributed by atoms with Crippen molar-refractivity contribution in [1.82, 2.24) is 14.7 Å². The molecule has 3 aliphatic rings. The first kappa shape index (κ1) is 24.0.